The maximum absolute atomic E-state index is 5.21. The standard InChI is InChI=1S/C19H21NSi.2ClH.Ti/c1-15(16-9-5-4-6-10-16)20-21(2,3)19-14-13-17-11-7-8-12-18(17)19;;;/h4-15H,1-3H3;2*1H;/q-1;;;+2/p-2/t15-;;;/m1.../s1. The molecule has 5 heteroatoms. The van der Waals surface area contributed by atoms with E-state index in [1.165, 1.54) is 22.3 Å². The van der Waals surface area contributed by atoms with Gasteiger partial charge in [0.1, 0.15) is 0 Å². The molecule has 0 unspecified atom stereocenters. The van der Waals surface area contributed by atoms with Crippen molar-refractivity contribution < 1.29 is 17.0 Å². The molecule has 125 valence electrons. The predicted molar refractivity (Wildman–Crippen MR) is 105 cm³/mol. The Bertz CT molecular complexity index is 665. The minimum absolute atomic E-state index is 0.251. The van der Waals surface area contributed by atoms with Crippen LogP contribution in [0.2, 0.25) is 13.1 Å². The van der Waals surface area contributed by atoms with Crippen LogP contribution in [0.4, 0.5) is 0 Å². The monoisotopic (exact) mass is 409 g/mol. The molecule has 0 saturated heterocycles. The summed E-state index contributed by atoms with van der Waals surface area (Å²) >= 11 is -0.556. The quantitative estimate of drug-likeness (QED) is 0.485. The van der Waals surface area contributed by atoms with E-state index in [4.69, 9.17) is 23.6 Å². The first-order valence-electron chi connectivity index (χ1n) is 7.87. The number of fused-ring (bicyclic) bond motifs is 1. The molecule has 1 atom stereocenters. The maximum atomic E-state index is 5.21. The normalized spacial score (nSPS) is 17.4. The second-order valence-electron chi connectivity index (χ2n) is 6.18. The molecular formula is C19H21Cl2NSiTi-. The van der Waals surface area contributed by atoms with E-state index in [0.29, 0.717) is 0 Å². The van der Waals surface area contributed by atoms with Gasteiger partial charge in [-0.15, -0.1) is 6.04 Å². The van der Waals surface area contributed by atoms with Gasteiger partial charge in [0.05, 0.1) is 0 Å². The van der Waals surface area contributed by atoms with E-state index in [1.807, 2.05) is 0 Å². The van der Waals surface area contributed by atoms with E-state index in [1.54, 1.807) is 0 Å². The van der Waals surface area contributed by atoms with Gasteiger partial charge in [-0.25, -0.2) is 0 Å². The first-order chi connectivity index (χ1) is 11.5. The van der Waals surface area contributed by atoms with E-state index in [0.717, 1.165) is 0 Å². The SMILES string of the molecule is C[C@@H]([N-][Si](C)(C)C1=CC=C2C=CC=C[C]21)c1ccccc1.[Cl][Ti][Cl]. The van der Waals surface area contributed by atoms with Crippen LogP contribution in [0.25, 0.3) is 4.98 Å². The molecule has 3 rings (SSSR count). The number of rotatable bonds is 4. The number of nitrogens with zero attached hydrogens (tertiary/aromatic N) is 1. The van der Waals surface area contributed by atoms with Crippen LogP contribution in [0, 0.1) is 5.92 Å². The zero-order valence-corrected chi connectivity index (χ0v) is 18.2. The Labute approximate surface area is 163 Å². The average Bonchev–Trinajstić information content (AvgIpc) is 3.01. The van der Waals surface area contributed by atoms with E-state index >= 15 is 0 Å². The van der Waals surface area contributed by atoms with Crippen LogP contribution in [0.3, 0.4) is 0 Å². The van der Waals surface area contributed by atoms with Gasteiger partial charge in [-0.1, -0.05) is 97.6 Å². The first-order valence-corrected chi connectivity index (χ1v) is 15.1. The van der Waals surface area contributed by atoms with Crippen molar-refractivity contribution in [3.8, 4) is 0 Å². The van der Waals surface area contributed by atoms with Gasteiger partial charge >= 0.3 is 35.6 Å². The predicted octanol–water partition coefficient (Wildman–Crippen LogP) is 6.81. The number of hydrogen-bond acceptors (Lipinski definition) is 0. The molecule has 1 aromatic carbocycles. The summed E-state index contributed by atoms with van der Waals surface area (Å²) < 4.78 is 0. The van der Waals surface area contributed by atoms with Gasteiger partial charge in [0, 0.05) is 5.92 Å². The van der Waals surface area contributed by atoms with Crippen molar-refractivity contribution >= 4 is 26.8 Å². The average molecular weight is 410 g/mol. The molecule has 0 bridgehead atoms. The third-order valence-corrected chi connectivity index (χ3v) is 6.93. The summed E-state index contributed by atoms with van der Waals surface area (Å²) in [5.74, 6) is 1.37. The van der Waals surface area contributed by atoms with Crippen LogP contribution in [0.15, 0.2) is 77.6 Å². The first kappa shape index (κ1) is 20.0. The van der Waals surface area contributed by atoms with Crippen LogP contribution >= 0.6 is 18.6 Å². The summed E-state index contributed by atoms with van der Waals surface area (Å²) in [6, 6.07) is 10.8. The fourth-order valence-electron chi connectivity index (χ4n) is 3.04. The Kier molecular flexibility index (Phi) is 7.80. The zero-order chi connectivity index (χ0) is 17.6. The van der Waals surface area contributed by atoms with E-state index in [-0.39, 0.29) is 6.04 Å². The van der Waals surface area contributed by atoms with Gasteiger partial charge in [-0.3, -0.25) is 0 Å². The second-order valence-corrected chi connectivity index (χ2v) is 12.7. The van der Waals surface area contributed by atoms with Gasteiger partial charge < -0.3 is 4.98 Å². The minimum atomic E-state index is -1.81. The molecular weight excluding hydrogens is 389 g/mol. The topological polar surface area (TPSA) is 14.1 Å². The molecule has 0 amide bonds. The third kappa shape index (κ3) is 5.08. The molecule has 2 aliphatic rings. The summed E-state index contributed by atoms with van der Waals surface area (Å²) in [4.78, 5) is 5.21. The Hall–Kier alpha value is -0.349. The summed E-state index contributed by atoms with van der Waals surface area (Å²) in [6.07, 6.45) is 13.1. The molecule has 1 radical (unpaired) electrons. The summed E-state index contributed by atoms with van der Waals surface area (Å²) in [5, 5.41) is 1.45. The van der Waals surface area contributed by atoms with Gasteiger partial charge in [0.2, 0.25) is 0 Å². The molecule has 0 heterocycles. The van der Waals surface area contributed by atoms with Crippen molar-refractivity contribution in [3.63, 3.8) is 0 Å². The molecule has 0 N–H and O–H groups in total. The number of hydrogen-bond donors (Lipinski definition) is 0. The molecule has 24 heavy (non-hydrogen) atoms. The van der Waals surface area contributed by atoms with Crippen molar-refractivity contribution in [2.75, 3.05) is 0 Å². The zero-order valence-electron chi connectivity index (χ0n) is 14.1. The molecule has 0 aromatic heterocycles. The van der Waals surface area contributed by atoms with Crippen molar-refractivity contribution in [1.82, 2.24) is 0 Å². The molecule has 1 aromatic rings. The van der Waals surface area contributed by atoms with Crippen LogP contribution < -0.4 is 0 Å². The van der Waals surface area contributed by atoms with Crippen molar-refractivity contribution in [1.29, 1.82) is 0 Å². The van der Waals surface area contributed by atoms with Gasteiger partial charge in [-0.05, 0) is 13.8 Å². The fraction of sp³-hybridized carbons (Fsp3) is 0.211. The Balaban J connectivity index is 0.000000647. The van der Waals surface area contributed by atoms with Crippen LogP contribution in [-0.4, -0.2) is 8.24 Å². The van der Waals surface area contributed by atoms with Crippen LogP contribution in [0.1, 0.15) is 18.5 Å². The molecule has 0 spiro atoms. The second kappa shape index (κ2) is 9.38. The Morgan fingerprint density at radius 2 is 1.62 bits per heavy atom. The van der Waals surface area contributed by atoms with Crippen molar-refractivity contribution in [2.45, 2.75) is 26.1 Å². The molecule has 2 aliphatic carbocycles. The van der Waals surface area contributed by atoms with Gasteiger partial charge in [-0.2, -0.15) is 0 Å². The van der Waals surface area contributed by atoms with Gasteiger partial charge in [0.25, 0.3) is 0 Å². The third-order valence-electron chi connectivity index (χ3n) is 4.14. The number of halogens is 2. The summed E-state index contributed by atoms with van der Waals surface area (Å²) in [5.41, 5.74) is 2.63. The van der Waals surface area contributed by atoms with Crippen LogP contribution in [-0.2, 0) is 17.0 Å². The van der Waals surface area contributed by atoms with Gasteiger partial charge in [0.15, 0.2) is 0 Å². The van der Waals surface area contributed by atoms with Crippen molar-refractivity contribution in [3.05, 3.63) is 94.0 Å². The van der Waals surface area contributed by atoms with Crippen molar-refractivity contribution in [2.24, 2.45) is 0 Å². The Morgan fingerprint density at radius 3 is 2.29 bits per heavy atom. The molecule has 0 fully saturated rings. The number of allylic oxidation sites excluding steroid dienone is 8. The van der Waals surface area contributed by atoms with E-state index in [9.17, 15) is 0 Å². The Morgan fingerprint density at radius 1 is 1.00 bits per heavy atom. The number of benzene rings is 1. The summed E-state index contributed by atoms with van der Waals surface area (Å²) in [6.45, 7) is 6.89. The molecule has 0 saturated carbocycles. The fourth-order valence-corrected chi connectivity index (χ4v) is 5.68. The summed E-state index contributed by atoms with van der Waals surface area (Å²) in [7, 11) is 7.97. The van der Waals surface area contributed by atoms with Crippen LogP contribution in [0.5, 0.6) is 0 Å². The molecule has 1 nitrogen and oxygen atoms in total. The molecule has 0 aliphatic heterocycles. The van der Waals surface area contributed by atoms with E-state index < -0.39 is 25.3 Å². The van der Waals surface area contributed by atoms with E-state index in [2.05, 4.69) is 86.8 Å².